The van der Waals surface area contributed by atoms with E-state index in [4.69, 9.17) is 0 Å². The minimum atomic E-state index is -4.89. The molecule has 7 heteroatoms. The SMILES string of the molecule is Fc1cccc(F)c1-c1c(-n2c3cc(-c4ccccc4)ccc3c3ccc(-c4ccccc4)cc32)cc(C(F)(F)F)cc1-n1c2cc(-c3ccccc3)ccc2c2ccc(-c3ccccc3)cc21. The van der Waals surface area contributed by atoms with Crippen molar-refractivity contribution in [3.05, 3.63) is 242 Å². The third-order valence-electron chi connectivity index (χ3n) is 13.1. The Bertz CT molecular complexity index is 3460. The molecule has 0 atom stereocenters. The van der Waals surface area contributed by atoms with Gasteiger partial charge in [-0.3, -0.25) is 0 Å². The minimum absolute atomic E-state index is 0.0392. The summed E-state index contributed by atoms with van der Waals surface area (Å²) in [5.74, 6) is -1.84. The van der Waals surface area contributed by atoms with E-state index in [2.05, 4.69) is 0 Å². The number of alkyl halides is 3. The summed E-state index contributed by atoms with van der Waals surface area (Å²) in [6.07, 6.45) is -4.89. The van der Waals surface area contributed by atoms with E-state index in [9.17, 15) is 0 Å². The third kappa shape index (κ3) is 6.85. The maximum atomic E-state index is 17.0. The molecule has 0 saturated heterocycles. The van der Waals surface area contributed by atoms with Crippen LogP contribution in [-0.2, 0) is 6.18 Å². The Morgan fingerprint density at radius 2 is 0.574 bits per heavy atom. The number of fused-ring (bicyclic) bond motifs is 6. The lowest BCUT2D eigenvalue weighted by atomic mass is 9.96. The molecule has 68 heavy (non-hydrogen) atoms. The molecule has 0 fully saturated rings. The molecular formula is C61H37F5N2. The highest BCUT2D eigenvalue weighted by Crippen LogP contribution is 2.48. The lowest BCUT2D eigenvalue weighted by Crippen LogP contribution is -2.12. The van der Waals surface area contributed by atoms with Crippen LogP contribution in [0.25, 0.3) is 111 Å². The highest BCUT2D eigenvalue weighted by Gasteiger charge is 2.35. The summed E-state index contributed by atoms with van der Waals surface area (Å²) < 4.78 is 85.5. The molecule has 0 aliphatic heterocycles. The lowest BCUT2D eigenvalue weighted by Gasteiger charge is -2.23. The molecule has 2 heterocycles. The average Bonchev–Trinajstić information content (AvgIpc) is 3.88. The monoisotopic (exact) mass is 892 g/mol. The molecule has 0 aliphatic carbocycles. The van der Waals surface area contributed by atoms with Gasteiger partial charge in [-0.15, -0.1) is 0 Å². The molecular weight excluding hydrogens is 856 g/mol. The number of rotatable bonds is 7. The van der Waals surface area contributed by atoms with Crippen LogP contribution in [0.15, 0.2) is 224 Å². The van der Waals surface area contributed by atoms with E-state index < -0.39 is 28.9 Å². The summed E-state index contributed by atoms with van der Waals surface area (Å²) in [5, 5.41) is 3.04. The van der Waals surface area contributed by atoms with E-state index in [1.165, 1.54) is 6.07 Å². The van der Waals surface area contributed by atoms with Crippen molar-refractivity contribution in [1.82, 2.24) is 9.13 Å². The van der Waals surface area contributed by atoms with Crippen LogP contribution in [-0.4, -0.2) is 9.13 Å². The Balaban J connectivity index is 1.29. The molecule has 0 amide bonds. The van der Waals surface area contributed by atoms with Gasteiger partial charge in [0.15, 0.2) is 0 Å². The normalized spacial score (nSPS) is 11.9. The number of hydrogen-bond donors (Lipinski definition) is 0. The number of halogens is 5. The van der Waals surface area contributed by atoms with Gasteiger partial charge in [-0.1, -0.05) is 176 Å². The Morgan fingerprint density at radius 1 is 0.279 bits per heavy atom. The van der Waals surface area contributed by atoms with E-state index in [1.54, 1.807) is 9.13 Å². The first-order valence-corrected chi connectivity index (χ1v) is 22.3. The zero-order valence-corrected chi connectivity index (χ0v) is 36.1. The van der Waals surface area contributed by atoms with Gasteiger partial charge in [0.05, 0.1) is 44.6 Å². The largest absolute Gasteiger partial charge is 0.416 e. The van der Waals surface area contributed by atoms with Crippen molar-refractivity contribution < 1.29 is 22.0 Å². The Hall–Kier alpha value is -8.55. The van der Waals surface area contributed by atoms with Crippen molar-refractivity contribution in [2.24, 2.45) is 0 Å². The molecule has 12 aromatic rings. The molecule has 0 aliphatic rings. The average molecular weight is 893 g/mol. The third-order valence-corrected chi connectivity index (χ3v) is 13.1. The molecule has 0 unspecified atom stereocenters. The molecule has 12 rings (SSSR count). The van der Waals surface area contributed by atoms with Crippen LogP contribution in [0.4, 0.5) is 22.0 Å². The van der Waals surface area contributed by atoms with Crippen molar-refractivity contribution in [1.29, 1.82) is 0 Å². The number of hydrogen-bond acceptors (Lipinski definition) is 0. The van der Waals surface area contributed by atoms with Gasteiger partial charge in [0, 0.05) is 27.1 Å². The van der Waals surface area contributed by atoms with Crippen LogP contribution < -0.4 is 0 Å². The maximum absolute atomic E-state index is 17.0. The molecule has 2 nitrogen and oxygen atoms in total. The van der Waals surface area contributed by atoms with Crippen LogP contribution in [0.1, 0.15) is 5.56 Å². The lowest BCUT2D eigenvalue weighted by molar-refractivity contribution is -0.137. The first-order chi connectivity index (χ1) is 33.2. The zero-order valence-electron chi connectivity index (χ0n) is 36.1. The predicted molar refractivity (Wildman–Crippen MR) is 267 cm³/mol. The Kier molecular flexibility index (Phi) is 9.69. The molecule has 0 bridgehead atoms. The van der Waals surface area contributed by atoms with E-state index in [1.807, 2.05) is 194 Å². The molecule has 0 saturated carbocycles. The number of benzene rings is 10. The fourth-order valence-electron chi connectivity index (χ4n) is 9.92. The Morgan fingerprint density at radius 3 is 0.853 bits per heavy atom. The van der Waals surface area contributed by atoms with Crippen LogP contribution in [0.3, 0.4) is 0 Å². The summed E-state index contributed by atoms with van der Waals surface area (Å²) in [6.45, 7) is 0. The molecule has 326 valence electrons. The summed E-state index contributed by atoms with van der Waals surface area (Å²) in [6, 6.07) is 68.2. The van der Waals surface area contributed by atoms with Crippen LogP contribution in [0.5, 0.6) is 0 Å². The van der Waals surface area contributed by atoms with Crippen molar-refractivity contribution >= 4 is 43.6 Å². The Labute approximate surface area is 388 Å². The fraction of sp³-hybridized carbons (Fsp3) is 0.0164. The van der Waals surface area contributed by atoms with Crippen molar-refractivity contribution in [3.8, 4) is 67.0 Å². The number of aromatic nitrogens is 2. The van der Waals surface area contributed by atoms with Crippen LogP contribution in [0, 0.1) is 11.6 Å². The fourth-order valence-corrected chi connectivity index (χ4v) is 9.92. The molecule has 0 N–H and O–H groups in total. The minimum Gasteiger partial charge on any atom is -0.308 e. The van der Waals surface area contributed by atoms with Gasteiger partial charge < -0.3 is 9.13 Å². The van der Waals surface area contributed by atoms with Gasteiger partial charge in [0.25, 0.3) is 0 Å². The first kappa shape index (κ1) is 40.9. The molecule has 2 aromatic heterocycles. The van der Waals surface area contributed by atoms with Gasteiger partial charge in [-0.2, -0.15) is 13.2 Å². The summed E-state index contributed by atoms with van der Waals surface area (Å²) >= 11 is 0. The van der Waals surface area contributed by atoms with Gasteiger partial charge in [-0.05, 0) is 93.0 Å². The van der Waals surface area contributed by atoms with Crippen molar-refractivity contribution in [2.45, 2.75) is 6.18 Å². The molecule has 10 aromatic carbocycles. The highest BCUT2D eigenvalue weighted by molar-refractivity contribution is 6.14. The van der Waals surface area contributed by atoms with Crippen molar-refractivity contribution in [2.75, 3.05) is 0 Å². The van der Waals surface area contributed by atoms with E-state index >= 15 is 22.0 Å². The number of nitrogens with zero attached hydrogens (tertiary/aromatic N) is 2. The van der Waals surface area contributed by atoms with Gasteiger partial charge in [0.2, 0.25) is 0 Å². The van der Waals surface area contributed by atoms with E-state index in [-0.39, 0.29) is 16.9 Å². The van der Waals surface area contributed by atoms with E-state index in [0.717, 1.165) is 90.3 Å². The predicted octanol–water partition coefficient (Wildman–Crippen LogP) is 17.5. The van der Waals surface area contributed by atoms with E-state index in [0.29, 0.717) is 22.1 Å². The molecule has 0 radical (unpaired) electrons. The van der Waals surface area contributed by atoms with Gasteiger partial charge in [-0.25, -0.2) is 8.78 Å². The second-order valence-corrected chi connectivity index (χ2v) is 17.0. The van der Waals surface area contributed by atoms with Gasteiger partial charge >= 0.3 is 6.18 Å². The van der Waals surface area contributed by atoms with Crippen LogP contribution >= 0.6 is 0 Å². The first-order valence-electron chi connectivity index (χ1n) is 22.3. The summed E-state index contributed by atoms with van der Waals surface area (Å²) in [4.78, 5) is 0. The smallest absolute Gasteiger partial charge is 0.308 e. The van der Waals surface area contributed by atoms with Crippen molar-refractivity contribution in [3.63, 3.8) is 0 Å². The van der Waals surface area contributed by atoms with Gasteiger partial charge in [0.1, 0.15) is 11.6 Å². The quantitative estimate of drug-likeness (QED) is 0.141. The maximum Gasteiger partial charge on any atom is 0.416 e. The second kappa shape index (κ2) is 16.1. The standard InChI is InChI=1S/C61H37F5N2/c62-51-22-13-23-52(63)59(51)60-57(67-53-32-42(38-14-5-1-6-15-38)24-28-47(53)48-29-25-43(33-54(48)67)39-16-7-2-8-17-39)36-46(61(64,65)66)37-58(60)68-55-34-44(40-18-9-3-10-19-40)26-30-49(55)50-31-27-45(35-56(50)68)41-20-11-4-12-21-41/h1-37H. The zero-order chi connectivity index (χ0) is 46.1. The van der Waals surface area contributed by atoms with Crippen LogP contribution in [0.2, 0.25) is 0 Å². The topological polar surface area (TPSA) is 9.86 Å². The highest BCUT2D eigenvalue weighted by atomic mass is 19.4. The second-order valence-electron chi connectivity index (χ2n) is 17.0. The molecule has 0 spiro atoms. The summed E-state index contributed by atoms with van der Waals surface area (Å²) in [5.41, 5.74) is 7.58. The summed E-state index contributed by atoms with van der Waals surface area (Å²) in [7, 11) is 0.